The van der Waals surface area contributed by atoms with Crippen molar-refractivity contribution in [2.24, 2.45) is 5.84 Å². The van der Waals surface area contributed by atoms with Gasteiger partial charge in [0.25, 0.3) is 0 Å². The molecular weight excluding hydrogens is 247 g/mol. The molecule has 0 bridgehead atoms. The van der Waals surface area contributed by atoms with Crippen molar-refractivity contribution in [3.05, 3.63) is 28.0 Å². The molecule has 0 aliphatic rings. The Morgan fingerprint density at radius 3 is 2.69 bits per heavy atom. The highest BCUT2D eigenvalue weighted by Gasteiger charge is 2.10. The zero-order chi connectivity index (χ0) is 11.7. The summed E-state index contributed by atoms with van der Waals surface area (Å²) >= 11 is 12.0. The van der Waals surface area contributed by atoms with Crippen LogP contribution in [0.25, 0.3) is 10.9 Å². The van der Waals surface area contributed by atoms with E-state index in [1.807, 2.05) is 6.92 Å². The summed E-state index contributed by atoms with van der Waals surface area (Å²) in [5, 5.41) is 1.75. The molecule has 2 rings (SSSR count). The summed E-state index contributed by atoms with van der Waals surface area (Å²) in [4.78, 5) is 8.60. The van der Waals surface area contributed by atoms with Crippen LogP contribution in [0.2, 0.25) is 10.0 Å². The number of nitrogens with zero attached hydrogens (tertiary/aromatic N) is 2. The van der Waals surface area contributed by atoms with Crippen LogP contribution in [0.3, 0.4) is 0 Å². The molecule has 0 spiro atoms. The Labute approximate surface area is 103 Å². The lowest BCUT2D eigenvalue weighted by Gasteiger charge is -2.08. The van der Waals surface area contributed by atoms with Gasteiger partial charge in [0, 0.05) is 16.8 Å². The van der Waals surface area contributed by atoms with Crippen molar-refractivity contribution in [3.8, 4) is 0 Å². The number of nitrogens with one attached hydrogen (secondary N) is 1. The SMILES string of the molecule is CCc1nc(NN)c2cc(Cl)cc(Cl)c2n1. The van der Waals surface area contributed by atoms with Crippen molar-refractivity contribution < 1.29 is 0 Å². The number of hydrogen-bond acceptors (Lipinski definition) is 4. The molecule has 16 heavy (non-hydrogen) atoms. The van der Waals surface area contributed by atoms with E-state index in [0.717, 1.165) is 5.39 Å². The van der Waals surface area contributed by atoms with Crippen LogP contribution in [0, 0.1) is 0 Å². The minimum Gasteiger partial charge on any atom is -0.308 e. The second-order valence-electron chi connectivity index (χ2n) is 3.27. The molecule has 0 radical (unpaired) electrons. The minimum absolute atomic E-state index is 0.496. The molecule has 4 nitrogen and oxygen atoms in total. The van der Waals surface area contributed by atoms with E-state index >= 15 is 0 Å². The lowest BCUT2D eigenvalue weighted by Crippen LogP contribution is -2.11. The summed E-state index contributed by atoms with van der Waals surface area (Å²) in [6.07, 6.45) is 0.712. The number of nitrogens with two attached hydrogens (primary N) is 1. The monoisotopic (exact) mass is 256 g/mol. The zero-order valence-electron chi connectivity index (χ0n) is 8.59. The van der Waals surface area contributed by atoms with E-state index in [1.54, 1.807) is 12.1 Å². The summed E-state index contributed by atoms with van der Waals surface area (Å²) in [6.45, 7) is 1.96. The molecule has 0 atom stereocenters. The van der Waals surface area contributed by atoms with Crippen LogP contribution in [0.5, 0.6) is 0 Å². The summed E-state index contributed by atoms with van der Waals surface area (Å²) in [6, 6.07) is 3.38. The number of nitrogen functional groups attached to an aromatic ring is 1. The van der Waals surface area contributed by atoms with Crippen LogP contribution < -0.4 is 11.3 Å². The van der Waals surface area contributed by atoms with Crippen molar-refractivity contribution in [1.29, 1.82) is 0 Å². The van der Waals surface area contributed by atoms with Crippen LogP contribution in [0.15, 0.2) is 12.1 Å². The number of benzene rings is 1. The van der Waals surface area contributed by atoms with E-state index < -0.39 is 0 Å². The number of rotatable bonds is 2. The second kappa shape index (κ2) is 4.41. The van der Waals surface area contributed by atoms with Gasteiger partial charge in [-0.05, 0) is 12.1 Å². The number of halogens is 2. The first-order chi connectivity index (χ1) is 7.65. The molecule has 0 unspecified atom stereocenters. The molecular formula is C10H10Cl2N4. The van der Waals surface area contributed by atoms with Gasteiger partial charge in [-0.25, -0.2) is 15.8 Å². The van der Waals surface area contributed by atoms with E-state index in [4.69, 9.17) is 29.0 Å². The quantitative estimate of drug-likeness (QED) is 0.641. The average Bonchev–Trinajstić information content (AvgIpc) is 2.28. The number of hydrogen-bond donors (Lipinski definition) is 2. The predicted octanol–water partition coefficient (Wildman–Crippen LogP) is 2.78. The molecule has 0 aliphatic heterocycles. The third-order valence-corrected chi connectivity index (χ3v) is 2.72. The Morgan fingerprint density at radius 1 is 1.31 bits per heavy atom. The molecule has 1 aromatic heterocycles. The Bertz CT molecular complexity index is 542. The summed E-state index contributed by atoms with van der Waals surface area (Å²) in [7, 11) is 0. The Morgan fingerprint density at radius 2 is 2.06 bits per heavy atom. The third kappa shape index (κ3) is 1.91. The summed E-state index contributed by atoms with van der Waals surface area (Å²) < 4.78 is 0. The van der Waals surface area contributed by atoms with Gasteiger partial charge >= 0.3 is 0 Å². The van der Waals surface area contributed by atoms with Crippen LogP contribution in [0.1, 0.15) is 12.7 Å². The summed E-state index contributed by atoms with van der Waals surface area (Å²) in [5.74, 6) is 6.63. The van der Waals surface area contributed by atoms with Crippen LogP contribution in [-0.2, 0) is 6.42 Å². The number of aromatic nitrogens is 2. The third-order valence-electron chi connectivity index (χ3n) is 2.22. The molecule has 84 valence electrons. The largest absolute Gasteiger partial charge is 0.308 e. The minimum atomic E-state index is 0.496. The first kappa shape index (κ1) is 11.4. The van der Waals surface area contributed by atoms with E-state index in [2.05, 4.69) is 15.4 Å². The second-order valence-corrected chi connectivity index (χ2v) is 4.11. The molecule has 2 aromatic rings. The van der Waals surface area contributed by atoms with Crippen LogP contribution >= 0.6 is 23.2 Å². The lowest BCUT2D eigenvalue weighted by molar-refractivity contribution is 0.959. The number of fused-ring (bicyclic) bond motifs is 1. The van der Waals surface area contributed by atoms with Crippen molar-refractivity contribution in [2.75, 3.05) is 5.43 Å². The number of aryl methyl sites for hydroxylation is 1. The van der Waals surface area contributed by atoms with E-state index in [-0.39, 0.29) is 0 Å². The molecule has 1 aromatic carbocycles. The van der Waals surface area contributed by atoms with Gasteiger partial charge in [-0.3, -0.25) is 0 Å². The van der Waals surface area contributed by atoms with Gasteiger partial charge in [-0.15, -0.1) is 0 Å². The smallest absolute Gasteiger partial charge is 0.151 e. The normalized spacial score (nSPS) is 10.8. The van der Waals surface area contributed by atoms with Crippen molar-refractivity contribution in [1.82, 2.24) is 9.97 Å². The molecule has 0 fully saturated rings. The molecule has 6 heteroatoms. The maximum absolute atomic E-state index is 6.08. The fourth-order valence-corrected chi connectivity index (χ4v) is 2.01. The van der Waals surface area contributed by atoms with Crippen LogP contribution in [0.4, 0.5) is 5.82 Å². The Hall–Kier alpha value is -1.10. The molecule has 3 N–H and O–H groups in total. The maximum atomic E-state index is 6.08. The fourth-order valence-electron chi connectivity index (χ4n) is 1.47. The zero-order valence-corrected chi connectivity index (χ0v) is 10.1. The highest BCUT2D eigenvalue weighted by atomic mass is 35.5. The first-order valence-electron chi connectivity index (χ1n) is 4.78. The molecule has 0 saturated heterocycles. The molecule has 1 heterocycles. The van der Waals surface area contributed by atoms with Crippen LogP contribution in [-0.4, -0.2) is 9.97 Å². The van der Waals surface area contributed by atoms with Gasteiger partial charge in [0.1, 0.15) is 5.82 Å². The number of anilines is 1. The van der Waals surface area contributed by atoms with Crippen molar-refractivity contribution >= 4 is 39.9 Å². The predicted molar refractivity (Wildman–Crippen MR) is 66.7 cm³/mol. The summed E-state index contributed by atoms with van der Waals surface area (Å²) in [5.41, 5.74) is 3.19. The van der Waals surface area contributed by atoms with E-state index in [0.29, 0.717) is 33.6 Å². The maximum Gasteiger partial charge on any atom is 0.151 e. The highest BCUT2D eigenvalue weighted by molar-refractivity contribution is 6.38. The first-order valence-corrected chi connectivity index (χ1v) is 5.53. The van der Waals surface area contributed by atoms with E-state index in [9.17, 15) is 0 Å². The highest BCUT2D eigenvalue weighted by Crippen LogP contribution is 2.30. The van der Waals surface area contributed by atoms with Gasteiger partial charge in [0.2, 0.25) is 0 Å². The Balaban J connectivity index is 2.83. The topological polar surface area (TPSA) is 63.8 Å². The van der Waals surface area contributed by atoms with Crippen molar-refractivity contribution in [2.45, 2.75) is 13.3 Å². The van der Waals surface area contributed by atoms with Gasteiger partial charge in [-0.2, -0.15) is 0 Å². The van der Waals surface area contributed by atoms with Gasteiger partial charge in [-0.1, -0.05) is 30.1 Å². The standard InChI is InChI=1S/C10H10Cl2N4/c1-2-8-14-9-6(10(15-8)16-13)3-5(11)4-7(9)12/h3-4H,2,13H2,1H3,(H,14,15,16). The molecule has 0 aliphatic carbocycles. The van der Waals surface area contributed by atoms with Gasteiger partial charge in [0.05, 0.1) is 10.5 Å². The van der Waals surface area contributed by atoms with Gasteiger partial charge in [0.15, 0.2) is 5.82 Å². The number of hydrazine groups is 1. The van der Waals surface area contributed by atoms with Gasteiger partial charge < -0.3 is 5.43 Å². The lowest BCUT2D eigenvalue weighted by atomic mass is 10.2. The fraction of sp³-hybridized carbons (Fsp3) is 0.200. The molecule has 0 amide bonds. The average molecular weight is 257 g/mol. The Kier molecular flexibility index (Phi) is 3.14. The van der Waals surface area contributed by atoms with Crippen molar-refractivity contribution in [3.63, 3.8) is 0 Å². The van der Waals surface area contributed by atoms with E-state index in [1.165, 1.54) is 0 Å². The molecule has 0 saturated carbocycles.